The Balaban J connectivity index is 1.82. The van der Waals surface area contributed by atoms with Crippen LogP contribution in [-0.4, -0.2) is 22.1 Å². The fraction of sp³-hybridized carbons (Fsp3) is 0.0625. The summed E-state index contributed by atoms with van der Waals surface area (Å²) in [5.41, 5.74) is 2.83. The summed E-state index contributed by atoms with van der Waals surface area (Å²) in [5.74, 6) is -0.153. The molecule has 0 saturated heterocycles. The van der Waals surface area contributed by atoms with Crippen LogP contribution in [0.4, 0.5) is 5.69 Å². The standard InChI is InChI=1S/C16H13N3OS/c1-21-13-5-3-12(4-6-13)19-16(20)11-2-7-14-15(10-11)18-9-8-17-14/h2-10H,1H3,(H,19,20). The van der Waals surface area contributed by atoms with Gasteiger partial charge in [-0.25, -0.2) is 0 Å². The van der Waals surface area contributed by atoms with Gasteiger partial charge >= 0.3 is 0 Å². The van der Waals surface area contributed by atoms with Crippen LogP contribution in [0.25, 0.3) is 11.0 Å². The van der Waals surface area contributed by atoms with E-state index in [-0.39, 0.29) is 5.91 Å². The van der Waals surface area contributed by atoms with Crippen molar-refractivity contribution in [2.75, 3.05) is 11.6 Å². The predicted molar refractivity (Wildman–Crippen MR) is 85.7 cm³/mol. The molecular formula is C16H13N3OS. The van der Waals surface area contributed by atoms with Crippen molar-refractivity contribution >= 4 is 34.4 Å². The number of benzene rings is 2. The van der Waals surface area contributed by atoms with Crippen molar-refractivity contribution in [1.82, 2.24) is 9.97 Å². The van der Waals surface area contributed by atoms with Crippen molar-refractivity contribution in [2.45, 2.75) is 4.90 Å². The Kier molecular flexibility index (Phi) is 3.83. The van der Waals surface area contributed by atoms with Gasteiger partial charge in [-0.15, -0.1) is 11.8 Å². The summed E-state index contributed by atoms with van der Waals surface area (Å²) >= 11 is 1.67. The topological polar surface area (TPSA) is 54.9 Å². The van der Waals surface area contributed by atoms with Gasteiger partial charge in [0.15, 0.2) is 0 Å². The minimum absolute atomic E-state index is 0.153. The molecule has 21 heavy (non-hydrogen) atoms. The molecule has 0 aliphatic heterocycles. The van der Waals surface area contributed by atoms with Crippen LogP contribution in [-0.2, 0) is 0 Å². The van der Waals surface area contributed by atoms with Crippen molar-refractivity contribution < 1.29 is 4.79 Å². The highest BCUT2D eigenvalue weighted by molar-refractivity contribution is 7.98. The van der Waals surface area contributed by atoms with Gasteiger partial charge in [-0.05, 0) is 48.7 Å². The quantitative estimate of drug-likeness (QED) is 0.750. The Hall–Kier alpha value is -2.40. The maximum absolute atomic E-state index is 12.2. The van der Waals surface area contributed by atoms with Gasteiger partial charge in [0.1, 0.15) is 0 Å². The monoisotopic (exact) mass is 295 g/mol. The molecule has 4 nitrogen and oxygen atoms in total. The molecule has 0 saturated carbocycles. The minimum atomic E-state index is -0.153. The first kappa shape index (κ1) is 13.6. The summed E-state index contributed by atoms with van der Waals surface area (Å²) < 4.78 is 0. The van der Waals surface area contributed by atoms with Gasteiger partial charge in [-0.3, -0.25) is 14.8 Å². The third-order valence-electron chi connectivity index (χ3n) is 3.08. The van der Waals surface area contributed by atoms with Crippen LogP contribution >= 0.6 is 11.8 Å². The number of nitrogens with one attached hydrogen (secondary N) is 1. The zero-order chi connectivity index (χ0) is 14.7. The van der Waals surface area contributed by atoms with Crippen LogP contribution in [0, 0.1) is 0 Å². The van der Waals surface area contributed by atoms with E-state index in [0.717, 1.165) is 16.1 Å². The zero-order valence-electron chi connectivity index (χ0n) is 11.4. The lowest BCUT2D eigenvalue weighted by molar-refractivity contribution is 0.102. The molecule has 0 atom stereocenters. The first-order chi connectivity index (χ1) is 10.3. The molecule has 104 valence electrons. The van der Waals surface area contributed by atoms with Crippen molar-refractivity contribution in [3.8, 4) is 0 Å². The van der Waals surface area contributed by atoms with Crippen LogP contribution in [0.1, 0.15) is 10.4 Å². The zero-order valence-corrected chi connectivity index (χ0v) is 12.2. The molecule has 1 heterocycles. The maximum atomic E-state index is 12.2. The number of carbonyl (C=O) groups is 1. The van der Waals surface area contributed by atoms with Crippen LogP contribution in [0.15, 0.2) is 59.8 Å². The van der Waals surface area contributed by atoms with Crippen molar-refractivity contribution in [3.05, 3.63) is 60.4 Å². The van der Waals surface area contributed by atoms with E-state index in [0.29, 0.717) is 11.1 Å². The fourth-order valence-electron chi connectivity index (χ4n) is 1.98. The van der Waals surface area contributed by atoms with Gasteiger partial charge in [0.2, 0.25) is 0 Å². The molecule has 0 unspecified atom stereocenters. The normalized spacial score (nSPS) is 10.5. The molecular weight excluding hydrogens is 282 g/mol. The number of amides is 1. The molecule has 1 N–H and O–H groups in total. The fourth-order valence-corrected chi connectivity index (χ4v) is 2.39. The number of anilines is 1. The number of hydrogen-bond donors (Lipinski definition) is 1. The number of nitrogens with zero attached hydrogens (tertiary/aromatic N) is 2. The second-order valence-corrected chi connectivity index (χ2v) is 5.32. The van der Waals surface area contributed by atoms with E-state index in [1.165, 1.54) is 0 Å². The molecule has 0 radical (unpaired) electrons. The molecule has 3 rings (SSSR count). The van der Waals surface area contributed by atoms with E-state index in [1.54, 1.807) is 42.4 Å². The summed E-state index contributed by atoms with van der Waals surface area (Å²) in [7, 11) is 0. The minimum Gasteiger partial charge on any atom is -0.322 e. The van der Waals surface area contributed by atoms with Crippen molar-refractivity contribution in [2.24, 2.45) is 0 Å². The average Bonchev–Trinajstić information content (AvgIpc) is 2.55. The van der Waals surface area contributed by atoms with Gasteiger partial charge < -0.3 is 5.32 Å². The number of carbonyl (C=O) groups excluding carboxylic acids is 1. The first-order valence-corrected chi connectivity index (χ1v) is 7.65. The van der Waals surface area contributed by atoms with E-state index in [4.69, 9.17) is 0 Å². The Morgan fingerprint density at radius 1 is 1.00 bits per heavy atom. The number of aromatic nitrogens is 2. The predicted octanol–water partition coefficient (Wildman–Crippen LogP) is 3.60. The van der Waals surface area contributed by atoms with E-state index in [2.05, 4.69) is 15.3 Å². The Labute approximate surface area is 126 Å². The largest absolute Gasteiger partial charge is 0.322 e. The van der Waals surface area contributed by atoms with E-state index in [9.17, 15) is 4.79 Å². The SMILES string of the molecule is CSc1ccc(NC(=O)c2ccc3nccnc3c2)cc1. The summed E-state index contributed by atoms with van der Waals surface area (Å²) in [4.78, 5) is 21.8. The lowest BCUT2D eigenvalue weighted by atomic mass is 10.1. The van der Waals surface area contributed by atoms with E-state index < -0.39 is 0 Å². The van der Waals surface area contributed by atoms with Crippen molar-refractivity contribution in [1.29, 1.82) is 0 Å². The third-order valence-corrected chi connectivity index (χ3v) is 3.82. The second kappa shape index (κ2) is 5.93. The van der Waals surface area contributed by atoms with Gasteiger partial charge in [-0.1, -0.05) is 0 Å². The molecule has 0 aliphatic carbocycles. The molecule has 0 bridgehead atoms. The maximum Gasteiger partial charge on any atom is 0.255 e. The Bertz CT molecular complexity index is 787. The van der Waals surface area contributed by atoms with Gasteiger partial charge in [-0.2, -0.15) is 0 Å². The number of hydrogen-bond acceptors (Lipinski definition) is 4. The Morgan fingerprint density at radius 2 is 1.71 bits per heavy atom. The lowest BCUT2D eigenvalue weighted by Crippen LogP contribution is -2.11. The van der Waals surface area contributed by atoms with E-state index >= 15 is 0 Å². The number of thioether (sulfide) groups is 1. The molecule has 5 heteroatoms. The summed E-state index contributed by atoms with van der Waals surface area (Å²) in [5, 5.41) is 2.88. The molecule has 0 spiro atoms. The van der Waals surface area contributed by atoms with Gasteiger partial charge in [0.25, 0.3) is 5.91 Å². The average molecular weight is 295 g/mol. The smallest absolute Gasteiger partial charge is 0.255 e. The van der Waals surface area contributed by atoms with Crippen LogP contribution in [0.3, 0.4) is 0 Å². The molecule has 0 fully saturated rings. The second-order valence-electron chi connectivity index (χ2n) is 4.44. The van der Waals surface area contributed by atoms with Crippen molar-refractivity contribution in [3.63, 3.8) is 0 Å². The third kappa shape index (κ3) is 3.03. The highest BCUT2D eigenvalue weighted by atomic mass is 32.2. The number of rotatable bonds is 3. The van der Waals surface area contributed by atoms with Crippen LogP contribution < -0.4 is 5.32 Å². The molecule has 3 aromatic rings. The van der Waals surface area contributed by atoms with Crippen LogP contribution in [0.5, 0.6) is 0 Å². The lowest BCUT2D eigenvalue weighted by Gasteiger charge is -2.06. The molecule has 2 aromatic carbocycles. The highest BCUT2D eigenvalue weighted by Gasteiger charge is 2.07. The van der Waals surface area contributed by atoms with Gasteiger partial charge in [0, 0.05) is 28.5 Å². The Morgan fingerprint density at radius 3 is 2.43 bits per heavy atom. The first-order valence-electron chi connectivity index (χ1n) is 6.42. The summed E-state index contributed by atoms with van der Waals surface area (Å²) in [6, 6.07) is 13.0. The molecule has 1 amide bonds. The van der Waals surface area contributed by atoms with E-state index in [1.807, 2.05) is 30.5 Å². The van der Waals surface area contributed by atoms with Gasteiger partial charge in [0.05, 0.1) is 11.0 Å². The summed E-state index contributed by atoms with van der Waals surface area (Å²) in [6.07, 6.45) is 5.27. The highest BCUT2D eigenvalue weighted by Crippen LogP contribution is 2.18. The summed E-state index contributed by atoms with van der Waals surface area (Å²) in [6.45, 7) is 0. The molecule has 0 aliphatic rings. The molecule has 1 aromatic heterocycles. The number of fused-ring (bicyclic) bond motifs is 1. The van der Waals surface area contributed by atoms with Crippen LogP contribution in [0.2, 0.25) is 0 Å².